The summed E-state index contributed by atoms with van der Waals surface area (Å²) >= 11 is 6.67. The number of fused-ring (bicyclic) bond motifs is 2. The van der Waals surface area contributed by atoms with Gasteiger partial charge in [-0.05, 0) is 92.8 Å². The zero-order valence-corrected chi connectivity index (χ0v) is 34.7. The first-order chi connectivity index (χ1) is 25.5. The van der Waals surface area contributed by atoms with Crippen molar-refractivity contribution in [1.29, 1.82) is 0 Å². The summed E-state index contributed by atoms with van der Waals surface area (Å²) < 4.78 is 17.1. The molecule has 286 valence electrons. The Bertz CT molecular complexity index is 2170. The highest BCUT2D eigenvalue weighted by Crippen LogP contribution is 2.41. The van der Waals surface area contributed by atoms with Crippen LogP contribution < -0.4 is 19.8 Å². The van der Waals surface area contributed by atoms with Crippen LogP contribution in [-0.2, 0) is 5.41 Å². The lowest BCUT2D eigenvalue weighted by Gasteiger charge is -2.36. The van der Waals surface area contributed by atoms with Gasteiger partial charge < -0.3 is 14.5 Å². The number of ether oxygens (including phenoxy) is 1. The molecule has 2 aromatic carbocycles. The number of hydrogen-bond donors (Lipinski definition) is 2. The molecular weight excluding hydrogens is 716 g/mol. The zero-order chi connectivity index (χ0) is 38.6. The van der Waals surface area contributed by atoms with Gasteiger partial charge in [0.25, 0.3) is 0 Å². The SMILES string of the molecule is CN1CCCC1c1nnc2ccc(O[C@@H]3CC[C@H](NC(=O)Nc4cc(C(C)(C)C)nn4-c4cc(Cl)cc(O[Si](C)(C)C(C)(C)C)c4)c4ccccc43)cn12. The molecule has 13 heteroatoms. The van der Waals surface area contributed by atoms with Crippen molar-refractivity contribution in [3.63, 3.8) is 0 Å². The number of benzene rings is 2. The number of aromatic nitrogens is 5. The van der Waals surface area contributed by atoms with Crippen LogP contribution in [-0.4, -0.2) is 57.2 Å². The van der Waals surface area contributed by atoms with Crippen LogP contribution in [0.15, 0.2) is 66.9 Å². The van der Waals surface area contributed by atoms with Crippen molar-refractivity contribution in [2.24, 2.45) is 0 Å². The molecule has 1 fully saturated rings. The van der Waals surface area contributed by atoms with Crippen molar-refractivity contribution in [3.05, 3.63) is 94.5 Å². The molecule has 0 radical (unpaired) electrons. The monoisotopic (exact) mass is 768 g/mol. The van der Waals surface area contributed by atoms with Crippen molar-refractivity contribution >= 4 is 37.4 Å². The molecule has 54 heavy (non-hydrogen) atoms. The minimum Gasteiger partial charge on any atom is -0.543 e. The highest BCUT2D eigenvalue weighted by atomic mass is 35.5. The van der Waals surface area contributed by atoms with E-state index in [1.807, 2.05) is 54.7 Å². The second-order valence-electron chi connectivity index (χ2n) is 17.3. The summed E-state index contributed by atoms with van der Waals surface area (Å²) in [6, 6.07) is 19.4. The molecule has 5 aromatic rings. The number of carbonyl (C=O) groups excluding carboxylic acids is 1. The topological polar surface area (TPSA) is 111 Å². The van der Waals surface area contributed by atoms with Crippen LogP contribution in [0.1, 0.15) is 108 Å². The van der Waals surface area contributed by atoms with Crippen LogP contribution in [0.3, 0.4) is 0 Å². The van der Waals surface area contributed by atoms with E-state index in [0.29, 0.717) is 28.7 Å². The normalized spacial score (nSPS) is 19.5. The fraction of sp³-hybridized carbons (Fsp3) is 0.463. The van der Waals surface area contributed by atoms with Crippen LogP contribution >= 0.6 is 11.6 Å². The molecule has 1 aliphatic heterocycles. The maximum Gasteiger partial charge on any atom is 0.320 e. The Hall–Kier alpha value is -4.39. The summed E-state index contributed by atoms with van der Waals surface area (Å²) in [4.78, 5) is 16.2. The number of amides is 2. The predicted molar refractivity (Wildman–Crippen MR) is 217 cm³/mol. The number of nitrogens with zero attached hydrogens (tertiary/aromatic N) is 6. The molecule has 2 amide bonds. The highest BCUT2D eigenvalue weighted by molar-refractivity contribution is 6.74. The Morgan fingerprint density at radius 1 is 0.926 bits per heavy atom. The van der Waals surface area contributed by atoms with E-state index in [-0.39, 0.29) is 34.7 Å². The Morgan fingerprint density at radius 2 is 1.69 bits per heavy atom. The molecule has 0 spiro atoms. The maximum absolute atomic E-state index is 13.8. The van der Waals surface area contributed by atoms with Gasteiger partial charge in [-0.1, -0.05) is 77.4 Å². The fourth-order valence-electron chi connectivity index (χ4n) is 7.13. The quantitative estimate of drug-likeness (QED) is 0.151. The van der Waals surface area contributed by atoms with E-state index < -0.39 is 8.32 Å². The summed E-state index contributed by atoms with van der Waals surface area (Å²) in [7, 11) is -0.000874. The molecule has 1 aliphatic carbocycles. The Labute approximate surface area is 324 Å². The van der Waals surface area contributed by atoms with E-state index in [4.69, 9.17) is 25.9 Å². The van der Waals surface area contributed by atoms with Gasteiger partial charge in [-0.2, -0.15) is 5.10 Å². The first-order valence-corrected chi connectivity index (χ1v) is 22.2. The summed E-state index contributed by atoms with van der Waals surface area (Å²) in [6.45, 7) is 18.4. The van der Waals surface area contributed by atoms with Gasteiger partial charge in [-0.3, -0.25) is 14.6 Å². The molecule has 2 aliphatic rings. The lowest BCUT2D eigenvalue weighted by Crippen LogP contribution is -2.43. The number of nitrogens with one attached hydrogen (secondary N) is 2. The van der Waals surface area contributed by atoms with Crippen LogP contribution in [0.5, 0.6) is 11.5 Å². The Balaban J connectivity index is 1.10. The van der Waals surface area contributed by atoms with Gasteiger partial charge in [0.1, 0.15) is 23.4 Å². The van der Waals surface area contributed by atoms with E-state index in [9.17, 15) is 4.79 Å². The number of likely N-dealkylation sites (tertiary alicyclic amines) is 1. The van der Waals surface area contributed by atoms with E-state index in [0.717, 1.165) is 59.8 Å². The largest absolute Gasteiger partial charge is 0.543 e. The maximum atomic E-state index is 13.8. The second kappa shape index (κ2) is 14.4. The van der Waals surface area contributed by atoms with E-state index in [1.54, 1.807) is 4.68 Å². The van der Waals surface area contributed by atoms with Crippen molar-refractivity contribution < 1.29 is 14.0 Å². The average Bonchev–Trinajstić information content (AvgIpc) is 3.83. The molecule has 0 bridgehead atoms. The summed E-state index contributed by atoms with van der Waals surface area (Å²) in [5, 5.41) is 20.8. The van der Waals surface area contributed by atoms with Crippen molar-refractivity contribution in [2.75, 3.05) is 18.9 Å². The number of carbonyl (C=O) groups is 1. The third kappa shape index (κ3) is 7.74. The number of pyridine rings is 1. The molecule has 3 atom stereocenters. The summed E-state index contributed by atoms with van der Waals surface area (Å²) in [6.07, 6.45) is 5.48. The van der Waals surface area contributed by atoms with Gasteiger partial charge in [0.2, 0.25) is 8.32 Å². The molecule has 0 saturated carbocycles. The van der Waals surface area contributed by atoms with Crippen LogP contribution in [0.25, 0.3) is 11.3 Å². The Morgan fingerprint density at radius 3 is 2.39 bits per heavy atom. The number of rotatable bonds is 8. The number of anilines is 1. The zero-order valence-electron chi connectivity index (χ0n) is 32.9. The summed E-state index contributed by atoms with van der Waals surface area (Å²) in [5.74, 6) is 2.93. The van der Waals surface area contributed by atoms with E-state index in [1.165, 1.54) is 0 Å². The van der Waals surface area contributed by atoms with Crippen LogP contribution in [0.4, 0.5) is 10.6 Å². The third-order valence-electron chi connectivity index (χ3n) is 11.2. The van der Waals surface area contributed by atoms with Crippen molar-refractivity contribution in [3.8, 4) is 17.2 Å². The average molecular weight is 769 g/mol. The molecule has 11 nitrogen and oxygen atoms in total. The summed E-state index contributed by atoms with van der Waals surface area (Å²) in [5.41, 5.74) is 4.18. The first kappa shape index (κ1) is 37.9. The van der Waals surface area contributed by atoms with Gasteiger partial charge in [0, 0.05) is 22.6 Å². The molecule has 7 rings (SSSR count). The fourth-order valence-corrected chi connectivity index (χ4v) is 8.36. The van der Waals surface area contributed by atoms with Crippen molar-refractivity contribution in [1.82, 2.24) is 34.6 Å². The van der Waals surface area contributed by atoms with Crippen molar-refractivity contribution in [2.45, 2.75) is 109 Å². The van der Waals surface area contributed by atoms with Gasteiger partial charge in [0.05, 0.1) is 29.7 Å². The van der Waals surface area contributed by atoms with Gasteiger partial charge in [0.15, 0.2) is 11.5 Å². The van der Waals surface area contributed by atoms with Gasteiger partial charge in [-0.25, -0.2) is 9.48 Å². The molecular formula is C41H53ClN8O3Si. The molecule has 3 aromatic heterocycles. The number of halogens is 1. The minimum absolute atomic E-state index is 0.0119. The van der Waals surface area contributed by atoms with E-state index >= 15 is 0 Å². The second-order valence-corrected chi connectivity index (χ2v) is 22.5. The van der Waals surface area contributed by atoms with Gasteiger partial charge in [-0.15, -0.1) is 10.2 Å². The molecule has 4 heterocycles. The third-order valence-corrected chi connectivity index (χ3v) is 15.8. The molecule has 1 saturated heterocycles. The number of urea groups is 1. The lowest BCUT2D eigenvalue weighted by atomic mass is 9.85. The minimum atomic E-state index is -2.14. The van der Waals surface area contributed by atoms with Crippen LogP contribution in [0.2, 0.25) is 23.2 Å². The predicted octanol–water partition coefficient (Wildman–Crippen LogP) is 9.79. The van der Waals surface area contributed by atoms with Gasteiger partial charge >= 0.3 is 6.03 Å². The smallest absolute Gasteiger partial charge is 0.320 e. The first-order valence-electron chi connectivity index (χ1n) is 19.0. The van der Waals surface area contributed by atoms with E-state index in [2.05, 4.69) is 104 Å². The Kier molecular flexibility index (Phi) is 10.1. The number of hydrogen-bond acceptors (Lipinski definition) is 7. The molecule has 1 unspecified atom stereocenters. The van der Waals surface area contributed by atoms with Crippen LogP contribution in [0, 0.1) is 0 Å². The molecule has 2 N–H and O–H groups in total. The standard InChI is InChI=1S/C41H53ClN8O3Si/c1-40(2,3)35-24-37(50(47-35)27-21-26(42)22-29(23-27)53-54(8,9)41(4,5)6)44-39(51)43-32-17-18-34(31-14-11-10-13-30(31)32)52-28-16-19-36-45-46-38(49(36)25-28)33-15-12-20-48(33)7/h10-11,13-14,16,19,21-25,32-34H,12,15,17-18,20H2,1-9H3,(H2,43,44,51)/t32-,33?,34+/m0/s1. The lowest BCUT2D eigenvalue weighted by molar-refractivity contribution is 0.171. The highest BCUT2D eigenvalue weighted by Gasteiger charge is 2.39.